The smallest absolute Gasteiger partial charge is 0.267 e. The van der Waals surface area contributed by atoms with Crippen molar-refractivity contribution < 1.29 is 9.18 Å². The number of carbonyl (C=O) groups is 1. The van der Waals surface area contributed by atoms with E-state index in [0.717, 1.165) is 16.3 Å². The average Bonchev–Trinajstić information content (AvgIpc) is 3.34. The Morgan fingerprint density at radius 3 is 2.68 bits per heavy atom. The highest BCUT2D eigenvalue weighted by atomic mass is 32.1. The fourth-order valence-corrected chi connectivity index (χ4v) is 3.88. The van der Waals surface area contributed by atoms with Crippen molar-refractivity contribution in [3.8, 4) is 5.69 Å². The Balaban J connectivity index is 1.55. The van der Waals surface area contributed by atoms with Crippen LogP contribution in [0.25, 0.3) is 5.69 Å². The van der Waals surface area contributed by atoms with E-state index in [-0.39, 0.29) is 11.7 Å². The summed E-state index contributed by atoms with van der Waals surface area (Å²) < 4.78 is 14.8. The molecule has 0 aliphatic rings. The van der Waals surface area contributed by atoms with Crippen molar-refractivity contribution in [1.82, 2.24) is 14.8 Å². The van der Waals surface area contributed by atoms with Crippen LogP contribution in [0.1, 0.15) is 25.9 Å². The van der Waals surface area contributed by atoms with Gasteiger partial charge in [-0.1, -0.05) is 24.3 Å². The maximum atomic E-state index is 13.1. The summed E-state index contributed by atoms with van der Waals surface area (Å²) in [5.74, 6) is -0.477. The van der Waals surface area contributed by atoms with E-state index in [9.17, 15) is 9.18 Å². The van der Waals surface area contributed by atoms with Gasteiger partial charge in [0.05, 0.1) is 22.1 Å². The molecule has 7 heteroatoms. The van der Waals surface area contributed by atoms with Gasteiger partial charge in [0.1, 0.15) is 10.7 Å². The monoisotopic (exact) mass is 392 g/mol. The largest absolute Gasteiger partial charge is 0.319 e. The number of anilines is 1. The summed E-state index contributed by atoms with van der Waals surface area (Å²) in [6, 6.07) is 15.6. The number of nitrogens with one attached hydrogen (secondary N) is 1. The van der Waals surface area contributed by atoms with Crippen LogP contribution in [0.15, 0.2) is 67.0 Å². The number of hydrogen-bond acceptors (Lipinski definition) is 4. The molecule has 0 spiro atoms. The highest BCUT2D eigenvalue weighted by Gasteiger charge is 2.17. The summed E-state index contributed by atoms with van der Waals surface area (Å²) in [4.78, 5) is 17.9. The number of thiazole rings is 1. The summed E-state index contributed by atoms with van der Waals surface area (Å²) >= 11 is 1.35. The zero-order chi connectivity index (χ0) is 19.5. The van der Waals surface area contributed by atoms with Crippen LogP contribution in [-0.4, -0.2) is 20.7 Å². The molecule has 5 nitrogen and oxygen atoms in total. The van der Waals surface area contributed by atoms with E-state index >= 15 is 0 Å². The van der Waals surface area contributed by atoms with Crippen molar-refractivity contribution in [2.24, 2.45) is 0 Å². The molecule has 0 saturated carbocycles. The molecular weight excluding hydrogens is 375 g/mol. The van der Waals surface area contributed by atoms with Gasteiger partial charge in [0.2, 0.25) is 0 Å². The first-order chi connectivity index (χ1) is 13.6. The molecule has 0 unspecified atom stereocenters. The predicted octanol–water partition coefficient (Wildman–Crippen LogP) is 4.62. The molecule has 0 atom stereocenters. The molecule has 0 bridgehead atoms. The van der Waals surface area contributed by atoms with E-state index in [2.05, 4.69) is 15.4 Å². The standard InChI is InChI=1S/C21H17FN4OS/c1-14-20(28-19(24-14)13-15-7-9-16(22)10-8-15)21(27)25-17-5-2-3-6-18(17)26-12-4-11-23-26/h2-12H,13H2,1H3,(H,25,27). The third-order valence-corrected chi connectivity index (χ3v) is 5.38. The number of hydrogen-bond donors (Lipinski definition) is 1. The number of carbonyl (C=O) groups excluding carboxylic acids is 1. The molecular formula is C21H17FN4OS. The molecule has 2 aromatic carbocycles. The predicted molar refractivity (Wildman–Crippen MR) is 108 cm³/mol. The van der Waals surface area contributed by atoms with Crippen LogP contribution in [0.5, 0.6) is 0 Å². The second-order valence-electron chi connectivity index (χ2n) is 6.25. The molecule has 1 amide bonds. The summed E-state index contributed by atoms with van der Waals surface area (Å²) in [5.41, 5.74) is 3.08. The Hall–Kier alpha value is -3.32. The van der Waals surface area contributed by atoms with Gasteiger partial charge in [0, 0.05) is 18.8 Å². The molecule has 4 rings (SSSR count). The highest BCUT2D eigenvalue weighted by Crippen LogP contribution is 2.24. The number of para-hydroxylation sites is 2. The van der Waals surface area contributed by atoms with Gasteiger partial charge >= 0.3 is 0 Å². The van der Waals surface area contributed by atoms with Gasteiger partial charge in [-0.05, 0) is 42.8 Å². The van der Waals surface area contributed by atoms with Crippen molar-refractivity contribution in [3.63, 3.8) is 0 Å². The number of benzene rings is 2. The molecule has 4 aromatic rings. The van der Waals surface area contributed by atoms with Crippen LogP contribution in [0.3, 0.4) is 0 Å². The van der Waals surface area contributed by atoms with E-state index in [4.69, 9.17) is 0 Å². The van der Waals surface area contributed by atoms with Crippen LogP contribution in [0, 0.1) is 12.7 Å². The van der Waals surface area contributed by atoms with E-state index in [1.54, 1.807) is 23.0 Å². The second-order valence-corrected chi connectivity index (χ2v) is 7.33. The Labute approximate surface area is 165 Å². The first-order valence-electron chi connectivity index (χ1n) is 8.71. The van der Waals surface area contributed by atoms with E-state index < -0.39 is 0 Å². The number of aryl methyl sites for hydroxylation is 1. The molecule has 0 aliphatic carbocycles. The van der Waals surface area contributed by atoms with Gasteiger partial charge < -0.3 is 5.32 Å². The minimum absolute atomic E-state index is 0.208. The van der Waals surface area contributed by atoms with Crippen molar-refractivity contribution in [2.75, 3.05) is 5.32 Å². The fourth-order valence-electron chi connectivity index (χ4n) is 2.88. The van der Waals surface area contributed by atoms with Crippen LogP contribution in [-0.2, 0) is 6.42 Å². The lowest BCUT2D eigenvalue weighted by atomic mass is 10.1. The van der Waals surface area contributed by atoms with E-state index in [1.165, 1.54) is 23.5 Å². The maximum Gasteiger partial charge on any atom is 0.267 e. The number of rotatable bonds is 5. The van der Waals surface area contributed by atoms with E-state index in [0.29, 0.717) is 22.7 Å². The van der Waals surface area contributed by atoms with Gasteiger partial charge in [0.25, 0.3) is 5.91 Å². The van der Waals surface area contributed by atoms with Crippen molar-refractivity contribution >= 4 is 22.9 Å². The van der Waals surface area contributed by atoms with Crippen molar-refractivity contribution in [1.29, 1.82) is 0 Å². The number of amides is 1. The second kappa shape index (κ2) is 7.74. The van der Waals surface area contributed by atoms with Crippen LogP contribution >= 0.6 is 11.3 Å². The Morgan fingerprint density at radius 1 is 1.14 bits per heavy atom. The van der Waals surface area contributed by atoms with Crippen LogP contribution in [0.2, 0.25) is 0 Å². The lowest BCUT2D eigenvalue weighted by Crippen LogP contribution is -2.13. The molecule has 140 valence electrons. The lowest BCUT2D eigenvalue weighted by Gasteiger charge is -2.10. The molecule has 1 N–H and O–H groups in total. The maximum absolute atomic E-state index is 13.1. The van der Waals surface area contributed by atoms with Gasteiger partial charge in [-0.2, -0.15) is 5.10 Å². The Kier molecular flexibility index (Phi) is 4.99. The lowest BCUT2D eigenvalue weighted by molar-refractivity contribution is 0.103. The zero-order valence-corrected chi connectivity index (χ0v) is 15.9. The molecule has 0 fully saturated rings. The Morgan fingerprint density at radius 2 is 1.93 bits per heavy atom. The van der Waals surface area contributed by atoms with Crippen LogP contribution in [0.4, 0.5) is 10.1 Å². The highest BCUT2D eigenvalue weighted by molar-refractivity contribution is 7.14. The minimum Gasteiger partial charge on any atom is -0.319 e. The van der Waals surface area contributed by atoms with Crippen molar-refractivity contribution in [2.45, 2.75) is 13.3 Å². The average molecular weight is 392 g/mol. The van der Waals surface area contributed by atoms with Gasteiger partial charge in [-0.25, -0.2) is 14.1 Å². The quantitative estimate of drug-likeness (QED) is 0.539. The normalized spacial score (nSPS) is 10.8. The topological polar surface area (TPSA) is 59.8 Å². The molecule has 2 heterocycles. The Bertz CT molecular complexity index is 1100. The molecule has 0 aliphatic heterocycles. The summed E-state index contributed by atoms with van der Waals surface area (Å²) in [6.07, 6.45) is 4.07. The molecule has 0 saturated heterocycles. The third-order valence-electron chi connectivity index (χ3n) is 4.22. The van der Waals surface area contributed by atoms with Gasteiger partial charge in [-0.3, -0.25) is 4.79 Å². The fraction of sp³-hybridized carbons (Fsp3) is 0.0952. The SMILES string of the molecule is Cc1nc(Cc2ccc(F)cc2)sc1C(=O)Nc1ccccc1-n1cccn1. The number of aromatic nitrogens is 3. The molecule has 0 radical (unpaired) electrons. The molecule has 2 aromatic heterocycles. The first-order valence-corrected chi connectivity index (χ1v) is 9.53. The zero-order valence-electron chi connectivity index (χ0n) is 15.1. The number of halogens is 1. The van der Waals surface area contributed by atoms with Crippen molar-refractivity contribution in [3.05, 3.63) is 94.0 Å². The van der Waals surface area contributed by atoms with E-state index in [1.807, 2.05) is 43.5 Å². The van der Waals surface area contributed by atoms with Gasteiger partial charge in [-0.15, -0.1) is 11.3 Å². The summed E-state index contributed by atoms with van der Waals surface area (Å²) in [5, 5.41) is 8.01. The third kappa shape index (κ3) is 3.84. The minimum atomic E-state index is -0.269. The van der Waals surface area contributed by atoms with Gasteiger partial charge in [0.15, 0.2) is 0 Å². The number of nitrogens with zero attached hydrogens (tertiary/aromatic N) is 3. The first kappa shape index (κ1) is 18.1. The van der Waals surface area contributed by atoms with Crippen LogP contribution < -0.4 is 5.32 Å². The summed E-state index contributed by atoms with van der Waals surface area (Å²) in [6.45, 7) is 1.82. The summed E-state index contributed by atoms with van der Waals surface area (Å²) in [7, 11) is 0. The molecule has 28 heavy (non-hydrogen) atoms.